The van der Waals surface area contributed by atoms with Crippen LogP contribution in [-0.4, -0.2) is 41.0 Å². The number of likely N-dealkylation sites (tertiary alicyclic amines) is 1. The number of aliphatic carboxylic acids is 1. The van der Waals surface area contributed by atoms with Crippen molar-refractivity contribution in [2.45, 2.75) is 38.8 Å². The van der Waals surface area contributed by atoms with E-state index in [9.17, 15) is 9.59 Å². The van der Waals surface area contributed by atoms with E-state index in [0.717, 1.165) is 6.42 Å². The maximum absolute atomic E-state index is 13.0. The third kappa shape index (κ3) is 3.31. The zero-order chi connectivity index (χ0) is 19.0. The van der Waals surface area contributed by atoms with Crippen molar-refractivity contribution in [3.8, 4) is 0 Å². The lowest BCUT2D eigenvalue weighted by Crippen LogP contribution is -2.40. The van der Waals surface area contributed by atoms with Gasteiger partial charge in [-0.3, -0.25) is 9.59 Å². The van der Waals surface area contributed by atoms with Gasteiger partial charge < -0.3 is 19.3 Å². The van der Waals surface area contributed by atoms with Crippen LogP contribution in [0.5, 0.6) is 0 Å². The molecular weight excluding hydrogens is 344 g/mol. The Morgan fingerprint density at radius 1 is 1.19 bits per heavy atom. The number of carboxylic acid groups (broad SMARTS) is 1. The fourth-order valence-electron chi connectivity index (χ4n) is 4.18. The molecule has 0 radical (unpaired) electrons. The molecule has 1 fully saturated rings. The summed E-state index contributed by atoms with van der Waals surface area (Å²) in [5.74, 6) is -0.515. The van der Waals surface area contributed by atoms with E-state index in [1.54, 1.807) is 17.2 Å². The minimum absolute atomic E-state index is 0.0669. The first kappa shape index (κ1) is 17.6. The minimum Gasteiger partial charge on any atom is -0.481 e. The number of hydrogen-bond acceptors (Lipinski definition) is 4. The molecular formula is C21H24N2O4. The molecule has 0 spiro atoms. The Kier molecular flexibility index (Phi) is 4.64. The van der Waals surface area contributed by atoms with Gasteiger partial charge in [-0.1, -0.05) is 18.2 Å². The number of carbonyl (C=O) groups is 2. The van der Waals surface area contributed by atoms with Gasteiger partial charge in [-0.2, -0.15) is 0 Å². The highest BCUT2D eigenvalue weighted by atomic mass is 16.4. The maximum Gasteiger partial charge on any atom is 0.306 e. The fraction of sp³-hybridized carbons (Fsp3) is 0.429. The van der Waals surface area contributed by atoms with Crippen LogP contribution < -0.4 is 4.90 Å². The first-order chi connectivity index (χ1) is 13.0. The van der Waals surface area contributed by atoms with Gasteiger partial charge in [0.15, 0.2) is 0 Å². The molecule has 0 bridgehead atoms. The molecule has 4 rings (SSSR count). The number of fused-ring (bicyclic) bond motifs is 1. The standard InChI is InChI=1S/C21H24N2O4/c1-14-12-16-4-2-3-5-18(16)23(14)13-19-17(8-11-27-19)20(24)22-9-6-15(7-10-22)21(25)26/h2-5,8,11,14-15H,6-7,9-10,12-13H2,1H3,(H,25,26). The summed E-state index contributed by atoms with van der Waals surface area (Å²) in [5, 5.41) is 9.13. The molecule has 1 N–H and O–H groups in total. The molecule has 2 aromatic rings. The molecule has 1 amide bonds. The Bertz CT molecular complexity index is 851. The van der Waals surface area contributed by atoms with Crippen LogP contribution in [0.15, 0.2) is 41.0 Å². The molecule has 1 atom stereocenters. The molecule has 3 heterocycles. The largest absolute Gasteiger partial charge is 0.481 e. The van der Waals surface area contributed by atoms with Gasteiger partial charge in [0.1, 0.15) is 5.76 Å². The zero-order valence-corrected chi connectivity index (χ0v) is 15.4. The molecule has 1 aromatic carbocycles. The summed E-state index contributed by atoms with van der Waals surface area (Å²) in [7, 11) is 0. The molecule has 1 saturated heterocycles. The molecule has 142 valence electrons. The van der Waals surface area contributed by atoms with Gasteiger partial charge in [0, 0.05) is 24.8 Å². The molecule has 2 aliphatic heterocycles. The average molecular weight is 368 g/mol. The molecule has 6 nitrogen and oxygen atoms in total. The molecule has 0 saturated carbocycles. The van der Waals surface area contributed by atoms with Crippen LogP contribution >= 0.6 is 0 Å². The Balaban J connectivity index is 1.49. The van der Waals surface area contributed by atoms with Crippen LogP contribution in [0.1, 0.15) is 41.4 Å². The lowest BCUT2D eigenvalue weighted by atomic mass is 9.96. The van der Waals surface area contributed by atoms with E-state index >= 15 is 0 Å². The lowest BCUT2D eigenvalue weighted by Gasteiger charge is -2.30. The number of rotatable bonds is 4. The van der Waals surface area contributed by atoms with E-state index in [2.05, 4.69) is 30.0 Å². The first-order valence-corrected chi connectivity index (χ1v) is 9.47. The van der Waals surface area contributed by atoms with E-state index in [1.165, 1.54) is 11.3 Å². The number of carboxylic acids is 1. The number of nitrogens with zero attached hydrogens (tertiary/aromatic N) is 2. The zero-order valence-electron chi connectivity index (χ0n) is 15.4. The van der Waals surface area contributed by atoms with Gasteiger partial charge in [-0.15, -0.1) is 0 Å². The first-order valence-electron chi connectivity index (χ1n) is 9.47. The van der Waals surface area contributed by atoms with Crippen molar-refractivity contribution in [1.29, 1.82) is 0 Å². The summed E-state index contributed by atoms with van der Waals surface area (Å²) in [6.45, 7) is 3.69. The highest BCUT2D eigenvalue weighted by Crippen LogP contribution is 2.34. The number of anilines is 1. The van der Waals surface area contributed by atoms with Gasteiger partial charge in [-0.25, -0.2) is 0 Å². The van der Waals surface area contributed by atoms with Crippen molar-refractivity contribution in [2.24, 2.45) is 5.92 Å². The van der Waals surface area contributed by atoms with Gasteiger partial charge in [0.2, 0.25) is 0 Å². The fourth-order valence-corrected chi connectivity index (χ4v) is 4.18. The number of piperidine rings is 1. The van der Waals surface area contributed by atoms with Crippen LogP contribution in [0.25, 0.3) is 0 Å². The summed E-state index contributed by atoms with van der Waals surface area (Å²) in [6.07, 6.45) is 3.57. The Morgan fingerprint density at radius 2 is 1.93 bits per heavy atom. The number of furan rings is 1. The minimum atomic E-state index is -0.771. The Labute approximate surface area is 158 Å². The molecule has 0 aliphatic carbocycles. The summed E-state index contributed by atoms with van der Waals surface area (Å²) >= 11 is 0. The number of para-hydroxylation sites is 1. The number of carbonyl (C=O) groups excluding carboxylic acids is 1. The predicted molar refractivity (Wildman–Crippen MR) is 101 cm³/mol. The van der Waals surface area contributed by atoms with Crippen LogP contribution in [0.3, 0.4) is 0 Å². The molecule has 1 unspecified atom stereocenters. The number of amides is 1. The van der Waals surface area contributed by atoms with E-state index in [0.29, 0.717) is 49.8 Å². The van der Waals surface area contributed by atoms with Crippen LogP contribution in [-0.2, 0) is 17.8 Å². The van der Waals surface area contributed by atoms with Gasteiger partial charge in [-0.05, 0) is 43.9 Å². The van der Waals surface area contributed by atoms with Gasteiger partial charge in [0.25, 0.3) is 5.91 Å². The van der Waals surface area contributed by atoms with Gasteiger partial charge >= 0.3 is 5.97 Å². The highest BCUT2D eigenvalue weighted by Gasteiger charge is 2.31. The van der Waals surface area contributed by atoms with E-state index in [4.69, 9.17) is 9.52 Å². The molecule has 1 aromatic heterocycles. The smallest absolute Gasteiger partial charge is 0.306 e. The third-order valence-corrected chi connectivity index (χ3v) is 5.77. The van der Waals surface area contributed by atoms with Crippen molar-refractivity contribution in [3.05, 3.63) is 53.5 Å². The van der Waals surface area contributed by atoms with Crippen molar-refractivity contribution in [2.75, 3.05) is 18.0 Å². The van der Waals surface area contributed by atoms with Crippen molar-refractivity contribution in [3.63, 3.8) is 0 Å². The SMILES string of the molecule is CC1Cc2ccccc2N1Cc1occc1C(=O)N1CCC(C(=O)O)CC1. The maximum atomic E-state index is 13.0. The van der Waals surface area contributed by atoms with Crippen molar-refractivity contribution < 1.29 is 19.1 Å². The summed E-state index contributed by atoms with van der Waals surface area (Å²) in [6, 6.07) is 10.4. The molecule has 27 heavy (non-hydrogen) atoms. The predicted octanol–water partition coefficient (Wildman–Crippen LogP) is 3.17. The van der Waals surface area contributed by atoms with Crippen LogP contribution in [0, 0.1) is 5.92 Å². The summed E-state index contributed by atoms with van der Waals surface area (Å²) in [5.41, 5.74) is 3.10. The van der Waals surface area contributed by atoms with Crippen molar-refractivity contribution >= 4 is 17.6 Å². The lowest BCUT2D eigenvalue weighted by molar-refractivity contribution is -0.143. The molecule has 2 aliphatic rings. The monoisotopic (exact) mass is 368 g/mol. The summed E-state index contributed by atoms with van der Waals surface area (Å²) in [4.78, 5) is 28.1. The second kappa shape index (κ2) is 7.10. The second-order valence-electron chi connectivity index (χ2n) is 7.47. The van der Waals surface area contributed by atoms with E-state index in [1.807, 2.05) is 6.07 Å². The Hall–Kier alpha value is -2.76. The molecule has 6 heteroatoms. The van der Waals surface area contributed by atoms with E-state index < -0.39 is 5.97 Å². The second-order valence-corrected chi connectivity index (χ2v) is 7.47. The Morgan fingerprint density at radius 3 is 2.67 bits per heavy atom. The normalized spacial score (nSPS) is 20.0. The summed E-state index contributed by atoms with van der Waals surface area (Å²) < 4.78 is 5.68. The highest BCUT2D eigenvalue weighted by molar-refractivity contribution is 5.95. The van der Waals surface area contributed by atoms with Crippen LogP contribution in [0.2, 0.25) is 0 Å². The average Bonchev–Trinajstić information content (AvgIpc) is 3.26. The van der Waals surface area contributed by atoms with Gasteiger partial charge in [0.05, 0.1) is 24.3 Å². The number of hydrogen-bond donors (Lipinski definition) is 1. The third-order valence-electron chi connectivity index (χ3n) is 5.77. The quantitative estimate of drug-likeness (QED) is 0.897. The number of benzene rings is 1. The van der Waals surface area contributed by atoms with Crippen molar-refractivity contribution in [1.82, 2.24) is 4.90 Å². The van der Waals surface area contributed by atoms with E-state index in [-0.39, 0.29) is 11.8 Å². The van der Waals surface area contributed by atoms with Crippen LogP contribution in [0.4, 0.5) is 5.69 Å². The topological polar surface area (TPSA) is 74.0 Å².